The van der Waals surface area contributed by atoms with Crippen LogP contribution in [0.15, 0.2) is 66.4 Å². The molecule has 5 rings (SSSR count). The normalized spacial score (nSPS) is 15.1. The van der Waals surface area contributed by atoms with E-state index in [1.165, 1.54) is 30.3 Å². The van der Waals surface area contributed by atoms with Gasteiger partial charge < -0.3 is 24.3 Å². The Kier molecular flexibility index (Phi) is 5.56. The lowest BCUT2D eigenvalue weighted by Crippen LogP contribution is -2.22. The van der Waals surface area contributed by atoms with Crippen LogP contribution in [0.2, 0.25) is 0 Å². The number of Topliss-reactive ketones (excluding diaryl/α,β-unsaturated/α-hetero) is 1. The molecule has 10 heteroatoms. The van der Waals surface area contributed by atoms with Gasteiger partial charge in [-0.2, -0.15) is 13.2 Å². The van der Waals surface area contributed by atoms with Gasteiger partial charge in [0.15, 0.2) is 23.9 Å². The lowest BCUT2D eigenvalue weighted by molar-refractivity contribution is -0.137. The molecule has 0 radical (unpaired) electrons. The smallest absolute Gasteiger partial charge is 0.418 e. The Morgan fingerprint density at radius 3 is 2.63 bits per heavy atom. The molecule has 0 fully saturated rings. The molecule has 0 saturated carbocycles. The van der Waals surface area contributed by atoms with Crippen LogP contribution in [0.1, 0.15) is 21.5 Å². The molecule has 7 nitrogen and oxygen atoms in total. The number of alkyl halides is 3. The molecule has 2 aliphatic heterocycles. The lowest BCUT2D eigenvalue weighted by Gasteiger charge is -2.14. The molecular weight excluding hydrogens is 467 g/mol. The van der Waals surface area contributed by atoms with E-state index in [-0.39, 0.29) is 35.5 Å². The number of amides is 1. The Morgan fingerprint density at radius 2 is 1.80 bits per heavy atom. The van der Waals surface area contributed by atoms with Crippen LogP contribution in [0.5, 0.6) is 23.0 Å². The topological polar surface area (TPSA) is 83.1 Å². The summed E-state index contributed by atoms with van der Waals surface area (Å²) in [6.07, 6.45) is -3.04. The quantitative estimate of drug-likeness (QED) is 0.511. The summed E-state index contributed by atoms with van der Waals surface area (Å²) in [7, 11) is 0. The fourth-order valence-corrected chi connectivity index (χ4v) is 3.59. The van der Waals surface area contributed by atoms with Gasteiger partial charge in [0.05, 0.1) is 16.8 Å². The average molecular weight is 483 g/mol. The predicted octanol–water partition coefficient (Wildman–Crippen LogP) is 5.07. The van der Waals surface area contributed by atoms with Gasteiger partial charge in [-0.3, -0.25) is 9.59 Å². The lowest BCUT2D eigenvalue weighted by atomic mass is 10.1. The van der Waals surface area contributed by atoms with Gasteiger partial charge in [-0.15, -0.1) is 0 Å². The molecule has 3 aromatic carbocycles. The molecule has 35 heavy (non-hydrogen) atoms. The van der Waals surface area contributed by atoms with E-state index < -0.39 is 24.3 Å². The van der Waals surface area contributed by atoms with Gasteiger partial charge in [-0.1, -0.05) is 18.2 Å². The number of hydrogen-bond donors (Lipinski definition) is 1. The van der Waals surface area contributed by atoms with Crippen LogP contribution < -0.4 is 24.3 Å². The minimum atomic E-state index is -4.61. The minimum absolute atomic E-state index is 0.0949. The van der Waals surface area contributed by atoms with Crippen molar-refractivity contribution in [1.29, 1.82) is 0 Å². The summed E-state index contributed by atoms with van der Waals surface area (Å²) < 4.78 is 61.0. The highest BCUT2D eigenvalue weighted by Crippen LogP contribution is 2.37. The zero-order chi connectivity index (χ0) is 24.6. The first kappa shape index (κ1) is 22.3. The number of fused-ring (bicyclic) bond motifs is 2. The van der Waals surface area contributed by atoms with Crippen LogP contribution in [-0.2, 0) is 11.0 Å². The molecule has 0 aliphatic carbocycles. The molecule has 0 spiro atoms. The molecule has 1 N–H and O–H groups in total. The Labute approximate surface area is 196 Å². The van der Waals surface area contributed by atoms with Gasteiger partial charge >= 0.3 is 6.18 Å². The third-order valence-electron chi connectivity index (χ3n) is 5.21. The molecule has 0 unspecified atom stereocenters. The number of anilines is 1. The summed E-state index contributed by atoms with van der Waals surface area (Å²) in [6.45, 7) is -0.412. The summed E-state index contributed by atoms with van der Waals surface area (Å²) >= 11 is 0. The summed E-state index contributed by atoms with van der Waals surface area (Å²) in [5, 5.41) is 2.20. The van der Waals surface area contributed by atoms with Gasteiger partial charge in [-0.25, -0.2) is 0 Å². The Bertz CT molecular complexity index is 1370. The maximum absolute atomic E-state index is 13.1. The average Bonchev–Trinajstić information content (AvgIpc) is 3.41. The maximum atomic E-state index is 13.1. The van der Waals surface area contributed by atoms with Crippen molar-refractivity contribution in [2.75, 3.05) is 18.7 Å². The van der Waals surface area contributed by atoms with E-state index >= 15 is 0 Å². The number of ketones is 1. The van der Waals surface area contributed by atoms with Crippen LogP contribution in [0.25, 0.3) is 6.08 Å². The van der Waals surface area contributed by atoms with E-state index in [0.717, 1.165) is 12.1 Å². The number of rotatable bonds is 5. The van der Waals surface area contributed by atoms with E-state index in [0.29, 0.717) is 22.6 Å². The minimum Gasteiger partial charge on any atom is -0.484 e. The van der Waals surface area contributed by atoms with E-state index in [1.54, 1.807) is 24.3 Å². The second-order valence-corrected chi connectivity index (χ2v) is 7.59. The molecule has 0 saturated heterocycles. The Balaban J connectivity index is 1.25. The zero-order valence-electron chi connectivity index (χ0n) is 17.8. The fraction of sp³-hybridized carbons (Fsp3) is 0.120. The van der Waals surface area contributed by atoms with Crippen LogP contribution in [-0.4, -0.2) is 25.1 Å². The molecular formula is C25H16F3NO6. The van der Waals surface area contributed by atoms with Crippen molar-refractivity contribution in [2.24, 2.45) is 0 Å². The molecule has 0 atom stereocenters. The van der Waals surface area contributed by atoms with Crippen LogP contribution in [0, 0.1) is 0 Å². The molecule has 3 aromatic rings. The summed E-state index contributed by atoms with van der Waals surface area (Å²) in [5.41, 5.74) is -0.333. The van der Waals surface area contributed by atoms with Crippen molar-refractivity contribution in [3.63, 3.8) is 0 Å². The standard InChI is InChI=1S/C25H16F3NO6/c26-25(27,28)17-3-1-2-4-18(17)29-23(30)12-32-15-6-7-16-20(11-15)35-22(24(16)31)10-14-5-8-19-21(9-14)34-13-33-19/h1-11H,12-13H2,(H,29,30). The number of hydrogen-bond acceptors (Lipinski definition) is 6. The number of para-hydroxylation sites is 1. The van der Waals surface area contributed by atoms with E-state index in [1.807, 2.05) is 0 Å². The number of carbonyl (C=O) groups excluding carboxylic acids is 2. The number of allylic oxidation sites excluding steroid dienone is 1. The molecule has 0 bridgehead atoms. The number of carbonyl (C=O) groups is 2. The Hall–Kier alpha value is -4.47. The van der Waals surface area contributed by atoms with E-state index in [2.05, 4.69) is 5.32 Å². The molecule has 178 valence electrons. The second kappa shape index (κ2) is 8.71. The van der Waals surface area contributed by atoms with Crippen molar-refractivity contribution >= 4 is 23.5 Å². The third-order valence-corrected chi connectivity index (χ3v) is 5.21. The van der Waals surface area contributed by atoms with E-state index in [4.69, 9.17) is 18.9 Å². The first-order valence-corrected chi connectivity index (χ1v) is 10.3. The van der Waals surface area contributed by atoms with Gasteiger partial charge in [0, 0.05) is 6.07 Å². The summed E-state index contributed by atoms with van der Waals surface area (Å²) in [5.74, 6) is 0.615. The third kappa shape index (κ3) is 4.63. The number of benzene rings is 3. The van der Waals surface area contributed by atoms with Crippen molar-refractivity contribution in [2.45, 2.75) is 6.18 Å². The maximum Gasteiger partial charge on any atom is 0.418 e. The highest BCUT2D eigenvalue weighted by atomic mass is 19.4. The molecule has 0 aromatic heterocycles. The molecule has 2 aliphatic rings. The largest absolute Gasteiger partial charge is 0.484 e. The van der Waals surface area contributed by atoms with Crippen molar-refractivity contribution < 1.29 is 41.7 Å². The predicted molar refractivity (Wildman–Crippen MR) is 118 cm³/mol. The van der Waals surface area contributed by atoms with Crippen molar-refractivity contribution in [3.05, 3.63) is 83.1 Å². The van der Waals surface area contributed by atoms with Gasteiger partial charge in [0.2, 0.25) is 12.6 Å². The number of halogens is 3. The number of nitrogens with one attached hydrogen (secondary N) is 1. The van der Waals surface area contributed by atoms with Crippen LogP contribution in [0.3, 0.4) is 0 Å². The first-order chi connectivity index (χ1) is 16.8. The van der Waals surface area contributed by atoms with E-state index in [9.17, 15) is 22.8 Å². The molecule has 2 heterocycles. The van der Waals surface area contributed by atoms with Crippen molar-refractivity contribution in [3.8, 4) is 23.0 Å². The highest BCUT2D eigenvalue weighted by molar-refractivity contribution is 6.14. The van der Waals surface area contributed by atoms with Crippen molar-refractivity contribution in [1.82, 2.24) is 0 Å². The van der Waals surface area contributed by atoms with Crippen LogP contribution >= 0.6 is 0 Å². The second-order valence-electron chi connectivity index (χ2n) is 7.59. The van der Waals surface area contributed by atoms with Gasteiger partial charge in [0.25, 0.3) is 5.91 Å². The zero-order valence-corrected chi connectivity index (χ0v) is 17.8. The SMILES string of the molecule is O=C(COc1ccc2c(c1)OC(=Cc1ccc3c(c1)OCO3)C2=O)Nc1ccccc1C(F)(F)F. The summed E-state index contributed by atoms with van der Waals surface area (Å²) in [4.78, 5) is 24.9. The highest BCUT2D eigenvalue weighted by Gasteiger charge is 2.33. The number of ether oxygens (including phenoxy) is 4. The summed E-state index contributed by atoms with van der Waals surface area (Å²) in [6, 6.07) is 14.2. The van der Waals surface area contributed by atoms with Gasteiger partial charge in [-0.05, 0) is 48.0 Å². The molecule has 1 amide bonds. The van der Waals surface area contributed by atoms with Gasteiger partial charge in [0.1, 0.15) is 11.5 Å². The van der Waals surface area contributed by atoms with Crippen LogP contribution in [0.4, 0.5) is 18.9 Å². The fourth-order valence-electron chi connectivity index (χ4n) is 3.59. The first-order valence-electron chi connectivity index (χ1n) is 10.3. The monoisotopic (exact) mass is 483 g/mol. The Morgan fingerprint density at radius 1 is 1.00 bits per heavy atom.